The number of anilines is 1. The molecule has 1 aromatic rings. The summed E-state index contributed by atoms with van der Waals surface area (Å²) >= 11 is 22.4. The van der Waals surface area contributed by atoms with Gasteiger partial charge in [0.05, 0.1) is 0 Å². The van der Waals surface area contributed by atoms with Crippen LogP contribution in [-0.2, 0) is 4.79 Å². The van der Waals surface area contributed by atoms with Crippen LogP contribution in [-0.4, -0.2) is 21.5 Å². The number of nitrogens with one attached hydrogen (secondary N) is 3. The summed E-state index contributed by atoms with van der Waals surface area (Å²) in [6, 6.07) is 5.91. The minimum absolute atomic E-state index is 0.240. The number of hydrogen-bond donors (Lipinski definition) is 3. The minimum Gasteiger partial charge on any atom is -0.339 e. The second-order valence-corrected chi connectivity index (χ2v) is 6.95. The highest BCUT2D eigenvalue weighted by atomic mass is 35.6. The molecule has 1 rings (SSSR count). The number of aryl methyl sites for hydroxylation is 2. The smallest absolute Gasteiger partial charge is 0.228 e. The van der Waals surface area contributed by atoms with E-state index >= 15 is 0 Å². The molecule has 0 aliphatic carbocycles. The number of alkyl halides is 3. The molecule has 0 bridgehead atoms. The van der Waals surface area contributed by atoms with E-state index in [1.807, 2.05) is 32.0 Å². The van der Waals surface area contributed by atoms with E-state index in [0.717, 1.165) is 16.8 Å². The fourth-order valence-electron chi connectivity index (χ4n) is 1.45. The first-order valence-electron chi connectivity index (χ1n) is 5.65. The van der Waals surface area contributed by atoms with Crippen LogP contribution in [0.25, 0.3) is 0 Å². The van der Waals surface area contributed by atoms with Crippen LogP contribution in [0.15, 0.2) is 18.2 Å². The lowest BCUT2D eigenvalue weighted by atomic mass is 10.1. The van der Waals surface area contributed by atoms with Gasteiger partial charge in [0.2, 0.25) is 10.2 Å². The molecule has 0 unspecified atom stereocenters. The zero-order valence-corrected chi connectivity index (χ0v) is 13.9. The molecule has 0 fully saturated rings. The van der Waals surface area contributed by atoms with Gasteiger partial charge in [-0.2, -0.15) is 0 Å². The van der Waals surface area contributed by atoms with Crippen molar-refractivity contribution in [2.75, 3.05) is 5.32 Å². The summed E-state index contributed by atoms with van der Waals surface area (Å²) in [5.74, 6) is 0. The SMILES string of the molecule is Cc1ccc(C)c(NC(=S)N[C@@H](NC=O)C(Cl)(Cl)Cl)c1. The van der Waals surface area contributed by atoms with E-state index < -0.39 is 9.96 Å². The Morgan fingerprint density at radius 1 is 1.35 bits per heavy atom. The summed E-state index contributed by atoms with van der Waals surface area (Å²) < 4.78 is -1.73. The van der Waals surface area contributed by atoms with Crippen molar-refractivity contribution in [1.82, 2.24) is 10.6 Å². The second kappa shape index (κ2) is 7.31. The summed E-state index contributed by atoms with van der Waals surface area (Å²) in [4.78, 5) is 10.5. The lowest BCUT2D eigenvalue weighted by Gasteiger charge is -2.26. The van der Waals surface area contributed by atoms with Gasteiger partial charge in [0.15, 0.2) is 5.11 Å². The van der Waals surface area contributed by atoms with Crippen molar-refractivity contribution in [2.45, 2.75) is 23.8 Å². The fraction of sp³-hybridized carbons (Fsp3) is 0.333. The quantitative estimate of drug-likeness (QED) is 0.337. The van der Waals surface area contributed by atoms with Gasteiger partial charge < -0.3 is 16.0 Å². The molecule has 0 aliphatic heterocycles. The van der Waals surface area contributed by atoms with Crippen molar-refractivity contribution in [3.8, 4) is 0 Å². The molecule has 8 heteroatoms. The van der Waals surface area contributed by atoms with Gasteiger partial charge in [0.25, 0.3) is 0 Å². The monoisotopic (exact) mass is 353 g/mol. The van der Waals surface area contributed by atoms with Crippen molar-refractivity contribution in [3.63, 3.8) is 0 Å². The molecule has 1 amide bonds. The van der Waals surface area contributed by atoms with E-state index in [1.54, 1.807) is 0 Å². The molecule has 0 spiro atoms. The Labute approximate surface area is 138 Å². The number of carbonyl (C=O) groups is 1. The van der Waals surface area contributed by atoms with Crippen molar-refractivity contribution < 1.29 is 4.79 Å². The average Bonchev–Trinajstić information content (AvgIpc) is 2.32. The van der Waals surface area contributed by atoms with E-state index in [1.165, 1.54) is 0 Å². The van der Waals surface area contributed by atoms with Crippen molar-refractivity contribution in [3.05, 3.63) is 29.3 Å². The van der Waals surface area contributed by atoms with Gasteiger partial charge in [-0.3, -0.25) is 4.79 Å². The van der Waals surface area contributed by atoms with Gasteiger partial charge in [-0.1, -0.05) is 46.9 Å². The van der Waals surface area contributed by atoms with Crippen LogP contribution in [0, 0.1) is 13.8 Å². The van der Waals surface area contributed by atoms with Gasteiger partial charge in [0.1, 0.15) is 6.17 Å². The van der Waals surface area contributed by atoms with Crippen LogP contribution in [0.3, 0.4) is 0 Å². The van der Waals surface area contributed by atoms with E-state index in [0.29, 0.717) is 6.41 Å². The maximum absolute atomic E-state index is 10.5. The first-order chi connectivity index (χ1) is 9.24. The molecule has 0 heterocycles. The summed E-state index contributed by atoms with van der Waals surface area (Å²) in [5, 5.41) is 8.33. The maximum Gasteiger partial charge on any atom is 0.228 e. The fourth-order valence-corrected chi connectivity index (χ4v) is 2.03. The average molecular weight is 355 g/mol. The maximum atomic E-state index is 10.5. The lowest BCUT2D eigenvalue weighted by molar-refractivity contribution is -0.110. The number of rotatable bonds is 4. The Bertz CT molecular complexity index is 505. The van der Waals surface area contributed by atoms with E-state index in [2.05, 4.69) is 16.0 Å². The van der Waals surface area contributed by atoms with Crippen LogP contribution >= 0.6 is 47.0 Å². The molecule has 0 radical (unpaired) electrons. The Morgan fingerprint density at radius 2 is 2.00 bits per heavy atom. The number of carbonyl (C=O) groups excluding carboxylic acids is 1. The predicted molar refractivity (Wildman–Crippen MR) is 88.6 cm³/mol. The number of benzene rings is 1. The van der Waals surface area contributed by atoms with Crippen molar-refractivity contribution >= 4 is 64.2 Å². The highest BCUT2D eigenvalue weighted by Gasteiger charge is 2.32. The predicted octanol–water partition coefficient (Wildman–Crippen LogP) is 3.03. The van der Waals surface area contributed by atoms with Crippen LogP contribution < -0.4 is 16.0 Å². The molecule has 110 valence electrons. The van der Waals surface area contributed by atoms with Crippen molar-refractivity contribution in [1.29, 1.82) is 0 Å². The molecule has 0 saturated carbocycles. The van der Waals surface area contributed by atoms with E-state index in [4.69, 9.17) is 47.0 Å². The first-order valence-corrected chi connectivity index (χ1v) is 7.19. The molecule has 0 saturated heterocycles. The number of hydrogen-bond acceptors (Lipinski definition) is 2. The van der Waals surface area contributed by atoms with Gasteiger partial charge >= 0.3 is 0 Å². The second-order valence-electron chi connectivity index (χ2n) is 4.18. The van der Waals surface area contributed by atoms with Gasteiger partial charge in [-0.15, -0.1) is 0 Å². The third-order valence-corrected chi connectivity index (χ3v) is 3.35. The van der Waals surface area contributed by atoms with Gasteiger partial charge in [0, 0.05) is 5.69 Å². The molecular weight excluding hydrogens is 341 g/mol. The van der Waals surface area contributed by atoms with Crippen molar-refractivity contribution in [2.24, 2.45) is 0 Å². The molecule has 0 aliphatic rings. The third-order valence-electron chi connectivity index (χ3n) is 2.48. The van der Waals surface area contributed by atoms with Crippen LogP contribution in [0.4, 0.5) is 5.69 Å². The van der Waals surface area contributed by atoms with E-state index in [9.17, 15) is 4.79 Å². The normalized spacial score (nSPS) is 12.4. The van der Waals surface area contributed by atoms with Crippen LogP contribution in [0.1, 0.15) is 11.1 Å². The highest BCUT2D eigenvalue weighted by Crippen LogP contribution is 2.29. The first kappa shape index (κ1) is 17.3. The largest absolute Gasteiger partial charge is 0.339 e. The van der Waals surface area contributed by atoms with Crippen LogP contribution in [0.2, 0.25) is 0 Å². The summed E-state index contributed by atoms with van der Waals surface area (Å²) in [7, 11) is 0. The lowest BCUT2D eigenvalue weighted by Crippen LogP contribution is -2.54. The molecule has 1 aromatic carbocycles. The molecule has 0 aromatic heterocycles. The zero-order valence-electron chi connectivity index (χ0n) is 10.8. The van der Waals surface area contributed by atoms with E-state index in [-0.39, 0.29) is 5.11 Å². The Hall–Kier alpha value is -0.750. The topological polar surface area (TPSA) is 53.2 Å². The summed E-state index contributed by atoms with van der Waals surface area (Å²) in [5.41, 5.74) is 2.95. The van der Waals surface area contributed by atoms with Gasteiger partial charge in [-0.05, 0) is 43.3 Å². The standard InChI is InChI=1S/C12H14Cl3N3OS/c1-7-3-4-8(2)9(5-7)17-11(20)18-10(16-6-19)12(13,14)15/h3-6,10H,1-2H3,(H,16,19)(H2,17,18,20)/t10-/m1/s1. The van der Waals surface area contributed by atoms with Gasteiger partial charge in [-0.25, -0.2) is 0 Å². The summed E-state index contributed by atoms with van der Waals surface area (Å²) in [6.07, 6.45) is -0.504. The molecule has 20 heavy (non-hydrogen) atoms. The zero-order chi connectivity index (χ0) is 15.3. The highest BCUT2D eigenvalue weighted by molar-refractivity contribution is 7.80. The Morgan fingerprint density at radius 3 is 2.55 bits per heavy atom. The molecule has 4 nitrogen and oxygen atoms in total. The molecular formula is C12H14Cl3N3OS. The summed E-state index contributed by atoms with van der Waals surface area (Å²) in [6.45, 7) is 3.92. The Balaban J connectivity index is 2.75. The number of halogens is 3. The number of amides is 1. The van der Waals surface area contributed by atoms with Crippen LogP contribution in [0.5, 0.6) is 0 Å². The Kier molecular flexibility index (Phi) is 6.33. The molecule has 1 atom stereocenters. The third kappa shape index (κ3) is 5.32. The number of thiocarbonyl (C=S) groups is 1. The molecule has 3 N–H and O–H groups in total. The minimum atomic E-state index is -1.73.